The van der Waals surface area contributed by atoms with E-state index in [1.807, 2.05) is 10.6 Å². The quantitative estimate of drug-likeness (QED) is 0.636. The van der Waals surface area contributed by atoms with Gasteiger partial charge in [-0.1, -0.05) is 13.8 Å². The van der Waals surface area contributed by atoms with Gasteiger partial charge in [0.1, 0.15) is 11.6 Å². The first kappa shape index (κ1) is 17.7. The maximum absolute atomic E-state index is 13.3. The topological polar surface area (TPSA) is 33.4 Å². The molecule has 28 heavy (non-hydrogen) atoms. The normalized spacial score (nSPS) is 22.5. The summed E-state index contributed by atoms with van der Waals surface area (Å²) in [5.41, 5.74) is 5.31. The van der Waals surface area contributed by atoms with Crippen LogP contribution in [0.25, 0.3) is 16.9 Å². The monoisotopic (exact) mass is 378 g/mol. The molecule has 1 saturated heterocycles. The Morgan fingerprint density at radius 1 is 1.00 bits per heavy atom. The first-order valence-electron chi connectivity index (χ1n) is 10.5. The standard InChI is InChI=1S/C23H27FN4/c1-15-11-16(2)14-27(13-15)23-19-5-3-4-6-20(19)25-22-12-21(26-28(22)23)17-7-9-18(24)10-8-17/h7-10,12,15-16H,3-6,11,13-14H2,1-2H3/t15-,16+. The minimum absolute atomic E-state index is 0.224. The second-order valence-electron chi connectivity index (χ2n) is 8.73. The van der Waals surface area contributed by atoms with Crippen LogP contribution in [0.5, 0.6) is 0 Å². The van der Waals surface area contributed by atoms with E-state index in [-0.39, 0.29) is 5.82 Å². The molecule has 0 radical (unpaired) electrons. The van der Waals surface area contributed by atoms with E-state index in [4.69, 9.17) is 10.1 Å². The Bertz CT molecular complexity index is 998. The molecule has 0 N–H and O–H groups in total. The predicted molar refractivity (Wildman–Crippen MR) is 110 cm³/mol. The van der Waals surface area contributed by atoms with Crippen LogP contribution < -0.4 is 4.90 Å². The molecule has 0 saturated carbocycles. The summed E-state index contributed by atoms with van der Waals surface area (Å²) in [6, 6.07) is 8.62. The van der Waals surface area contributed by atoms with Crippen LogP contribution in [0, 0.1) is 17.7 Å². The zero-order valence-electron chi connectivity index (χ0n) is 16.7. The van der Waals surface area contributed by atoms with Gasteiger partial charge in [0, 0.05) is 36.0 Å². The van der Waals surface area contributed by atoms with Crippen molar-refractivity contribution in [3.05, 3.63) is 47.4 Å². The van der Waals surface area contributed by atoms with Crippen LogP contribution in [-0.4, -0.2) is 27.7 Å². The van der Waals surface area contributed by atoms with Crippen molar-refractivity contribution in [1.82, 2.24) is 14.6 Å². The van der Waals surface area contributed by atoms with Crippen molar-refractivity contribution in [2.24, 2.45) is 11.8 Å². The highest BCUT2D eigenvalue weighted by Gasteiger charge is 2.29. The molecule has 3 aromatic rings. The van der Waals surface area contributed by atoms with E-state index in [2.05, 4.69) is 18.7 Å². The summed E-state index contributed by atoms with van der Waals surface area (Å²) in [7, 11) is 0. The molecule has 4 nitrogen and oxygen atoms in total. The van der Waals surface area contributed by atoms with Crippen LogP contribution in [0.2, 0.25) is 0 Å². The molecule has 2 aromatic heterocycles. The van der Waals surface area contributed by atoms with E-state index < -0.39 is 0 Å². The number of rotatable bonds is 2. The molecule has 2 aliphatic rings. The molecule has 0 spiro atoms. The molecule has 1 aliphatic carbocycles. The number of fused-ring (bicyclic) bond motifs is 2. The van der Waals surface area contributed by atoms with Gasteiger partial charge < -0.3 is 4.90 Å². The van der Waals surface area contributed by atoms with E-state index in [1.165, 1.54) is 48.5 Å². The summed E-state index contributed by atoms with van der Waals surface area (Å²) in [5.74, 6) is 2.38. The van der Waals surface area contributed by atoms with Gasteiger partial charge in [-0.25, -0.2) is 9.37 Å². The van der Waals surface area contributed by atoms with Crippen molar-refractivity contribution in [2.45, 2.75) is 46.0 Å². The van der Waals surface area contributed by atoms with Crippen LogP contribution in [0.3, 0.4) is 0 Å². The van der Waals surface area contributed by atoms with E-state index in [1.54, 1.807) is 12.1 Å². The van der Waals surface area contributed by atoms with E-state index >= 15 is 0 Å². The zero-order valence-corrected chi connectivity index (χ0v) is 16.7. The van der Waals surface area contributed by atoms with Crippen LogP contribution in [0.15, 0.2) is 30.3 Å². The van der Waals surface area contributed by atoms with Crippen molar-refractivity contribution >= 4 is 11.5 Å². The molecule has 1 aliphatic heterocycles. The summed E-state index contributed by atoms with van der Waals surface area (Å²) in [4.78, 5) is 7.51. The Labute approximate surface area is 165 Å². The van der Waals surface area contributed by atoms with Crippen LogP contribution >= 0.6 is 0 Å². The average Bonchev–Trinajstić information content (AvgIpc) is 3.09. The minimum atomic E-state index is -0.224. The van der Waals surface area contributed by atoms with E-state index in [0.29, 0.717) is 11.8 Å². The number of hydrogen-bond donors (Lipinski definition) is 0. The maximum Gasteiger partial charge on any atom is 0.158 e. The van der Waals surface area contributed by atoms with Gasteiger partial charge in [0.05, 0.1) is 5.69 Å². The average molecular weight is 378 g/mol. The second-order valence-corrected chi connectivity index (χ2v) is 8.73. The van der Waals surface area contributed by atoms with Crippen molar-refractivity contribution < 1.29 is 4.39 Å². The van der Waals surface area contributed by atoms with Crippen LogP contribution in [0.1, 0.15) is 44.4 Å². The molecule has 5 heteroatoms. The minimum Gasteiger partial charge on any atom is -0.356 e. The van der Waals surface area contributed by atoms with Crippen LogP contribution in [0.4, 0.5) is 10.2 Å². The van der Waals surface area contributed by atoms with Gasteiger partial charge >= 0.3 is 0 Å². The fourth-order valence-electron chi connectivity index (χ4n) is 5.05. The highest BCUT2D eigenvalue weighted by atomic mass is 19.1. The fourth-order valence-corrected chi connectivity index (χ4v) is 5.05. The summed E-state index contributed by atoms with van der Waals surface area (Å²) >= 11 is 0. The summed E-state index contributed by atoms with van der Waals surface area (Å²) in [5, 5.41) is 4.94. The lowest BCUT2D eigenvalue weighted by atomic mass is 9.90. The lowest BCUT2D eigenvalue weighted by molar-refractivity contribution is 0.353. The molecule has 5 rings (SSSR count). The molecule has 0 amide bonds. The largest absolute Gasteiger partial charge is 0.356 e. The molecule has 0 bridgehead atoms. The molecule has 3 heterocycles. The smallest absolute Gasteiger partial charge is 0.158 e. The Balaban J connectivity index is 1.68. The van der Waals surface area contributed by atoms with Crippen LogP contribution in [-0.2, 0) is 12.8 Å². The number of benzene rings is 1. The lowest BCUT2D eigenvalue weighted by Crippen LogP contribution is -2.40. The van der Waals surface area contributed by atoms with Gasteiger partial charge in [-0.2, -0.15) is 9.61 Å². The number of hydrogen-bond acceptors (Lipinski definition) is 3. The molecular weight excluding hydrogens is 351 g/mol. The number of halogens is 1. The van der Waals surface area contributed by atoms with Crippen molar-refractivity contribution in [1.29, 1.82) is 0 Å². The van der Waals surface area contributed by atoms with Gasteiger partial charge in [-0.05, 0) is 68.2 Å². The number of piperidine rings is 1. The summed E-state index contributed by atoms with van der Waals surface area (Å²) in [6.07, 6.45) is 5.85. The highest BCUT2D eigenvalue weighted by molar-refractivity contribution is 5.67. The molecule has 2 atom stereocenters. The Hall–Kier alpha value is -2.43. The van der Waals surface area contributed by atoms with Crippen molar-refractivity contribution in [3.8, 4) is 11.3 Å². The summed E-state index contributed by atoms with van der Waals surface area (Å²) < 4.78 is 15.4. The predicted octanol–water partition coefficient (Wildman–Crippen LogP) is 4.90. The molecule has 1 aromatic carbocycles. The van der Waals surface area contributed by atoms with Gasteiger partial charge in [0.25, 0.3) is 0 Å². The van der Waals surface area contributed by atoms with Crippen molar-refractivity contribution in [3.63, 3.8) is 0 Å². The Morgan fingerprint density at radius 3 is 2.46 bits per heavy atom. The Morgan fingerprint density at radius 2 is 1.71 bits per heavy atom. The maximum atomic E-state index is 13.3. The summed E-state index contributed by atoms with van der Waals surface area (Å²) in [6.45, 7) is 6.84. The third-order valence-electron chi connectivity index (χ3n) is 6.16. The van der Waals surface area contributed by atoms with E-state index in [9.17, 15) is 4.39 Å². The Kier molecular flexibility index (Phi) is 4.33. The third kappa shape index (κ3) is 3.07. The number of aryl methyl sites for hydroxylation is 1. The third-order valence-corrected chi connectivity index (χ3v) is 6.16. The van der Waals surface area contributed by atoms with E-state index in [0.717, 1.165) is 42.8 Å². The molecule has 1 fully saturated rings. The lowest BCUT2D eigenvalue weighted by Gasteiger charge is -2.38. The number of nitrogens with zero attached hydrogens (tertiary/aromatic N) is 4. The zero-order chi connectivity index (χ0) is 19.3. The first-order valence-corrected chi connectivity index (χ1v) is 10.5. The fraction of sp³-hybridized carbons (Fsp3) is 0.478. The molecule has 146 valence electrons. The molecule has 0 unspecified atom stereocenters. The van der Waals surface area contributed by atoms with Gasteiger partial charge in [0.2, 0.25) is 0 Å². The van der Waals surface area contributed by atoms with Crippen molar-refractivity contribution in [2.75, 3.05) is 18.0 Å². The van der Waals surface area contributed by atoms with Gasteiger partial charge in [-0.3, -0.25) is 0 Å². The van der Waals surface area contributed by atoms with Gasteiger partial charge in [-0.15, -0.1) is 0 Å². The van der Waals surface area contributed by atoms with Gasteiger partial charge in [0.15, 0.2) is 5.65 Å². The molecular formula is C23H27FN4. The second kappa shape index (κ2) is 6.87. The SMILES string of the molecule is C[C@@H]1C[C@H](C)CN(c2c3c(nc4cc(-c5ccc(F)cc5)nn24)CCCC3)C1. The number of anilines is 1. The first-order chi connectivity index (χ1) is 13.6. The highest BCUT2D eigenvalue weighted by Crippen LogP contribution is 2.35. The number of aromatic nitrogens is 3.